The van der Waals surface area contributed by atoms with Crippen molar-refractivity contribution in [2.45, 2.75) is 50.9 Å². The van der Waals surface area contributed by atoms with E-state index in [0.29, 0.717) is 18.4 Å². The molecule has 0 heterocycles. The second-order valence-corrected chi connectivity index (χ2v) is 5.69. The first-order valence-corrected chi connectivity index (χ1v) is 7.12. The number of alkyl halides is 3. The zero-order valence-electron chi connectivity index (χ0n) is 11.8. The summed E-state index contributed by atoms with van der Waals surface area (Å²) >= 11 is 0. The lowest BCUT2D eigenvalue weighted by molar-refractivity contribution is -0.182. The highest BCUT2D eigenvalue weighted by Crippen LogP contribution is 2.39. The Morgan fingerprint density at radius 2 is 1.62 bits per heavy atom. The third-order valence-corrected chi connectivity index (χ3v) is 4.17. The highest BCUT2D eigenvalue weighted by molar-refractivity contribution is 5.44. The molecule has 6 heteroatoms. The molecule has 3 nitrogen and oxygen atoms in total. The van der Waals surface area contributed by atoms with Gasteiger partial charge < -0.3 is 15.5 Å². The molecule has 0 radical (unpaired) electrons. The highest BCUT2D eigenvalue weighted by Gasteiger charge is 2.41. The lowest BCUT2D eigenvalue weighted by Crippen LogP contribution is -2.38. The fourth-order valence-electron chi connectivity index (χ4n) is 3.01. The Hall–Kier alpha value is -1.43. The summed E-state index contributed by atoms with van der Waals surface area (Å²) in [5.41, 5.74) is 0.385. The Bertz CT molecular complexity index is 462. The van der Waals surface area contributed by atoms with Gasteiger partial charge in [-0.05, 0) is 44.7 Å². The molecular weight excluding hydrogens is 283 g/mol. The van der Waals surface area contributed by atoms with Crippen LogP contribution in [0.1, 0.15) is 44.2 Å². The zero-order chi connectivity index (χ0) is 15.6. The number of hydrogen-bond donors (Lipinski definition) is 3. The Kier molecular flexibility index (Phi) is 4.66. The summed E-state index contributed by atoms with van der Waals surface area (Å²) in [5.74, 6) is -1.23. The van der Waals surface area contributed by atoms with Crippen LogP contribution in [0.25, 0.3) is 0 Å². The van der Waals surface area contributed by atoms with Gasteiger partial charge in [0.15, 0.2) is 0 Å². The Balaban J connectivity index is 1.95. The Morgan fingerprint density at radius 3 is 2.10 bits per heavy atom. The third kappa shape index (κ3) is 3.81. The molecule has 0 amide bonds. The second kappa shape index (κ2) is 6.13. The van der Waals surface area contributed by atoms with Gasteiger partial charge in [0.25, 0.3) is 0 Å². The molecule has 3 N–H and O–H groups in total. The molecule has 1 unspecified atom stereocenters. The van der Waals surface area contributed by atoms with Crippen molar-refractivity contribution in [3.05, 3.63) is 23.8 Å². The van der Waals surface area contributed by atoms with E-state index in [0.717, 1.165) is 0 Å². The van der Waals surface area contributed by atoms with Gasteiger partial charge in [-0.2, -0.15) is 13.2 Å². The van der Waals surface area contributed by atoms with Crippen molar-refractivity contribution in [1.29, 1.82) is 0 Å². The van der Waals surface area contributed by atoms with E-state index in [2.05, 4.69) is 5.32 Å². The van der Waals surface area contributed by atoms with Crippen LogP contribution in [0.3, 0.4) is 0 Å². The van der Waals surface area contributed by atoms with E-state index in [1.807, 2.05) is 0 Å². The summed E-state index contributed by atoms with van der Waals surface area (Å²) < 4.78 is 37.8. The van der Waals surface area contributed by atoms with E-state index < -0.39 is 12.1 Å². The Morgan fingerprint density at radius 1 is 1.10 bits per heavy atom. The first kappa shape index (κ1) is 15.9. The molecule has 0 aromatic heterocycles. The van der Waals surface area contributed by atoms with Crippen molar-refractivity contribution in [3.63, 3.8) is 0 Å². The van der Waals surface area contributed by atoms with Crippen LogP contribution in [-0.2, 0) is 0 Å². The van der Waals surface area contributed by atoms with Gasteiger partial charge >= 0.3 is 6.18 Å². The van der Waals surface area contributed by atoms with Crippen LogP contribution < -0.4 is 5.32 Å². The van der Waals surface area contributed by atoms with E-state index >= 15 is 0 Å². The summed E-state index contributed by atoms with van der Waals surface area (Å²) in [4.78, 5) is 0. The molecular formula is C15H20F3NO2. The number of phenolic OH excluding ortho intramolecular Hbond substituents is 2. The molecule has 0 spiro atoms. The van der Waals surface area contributed by atoms with Crippen LogP contribution in [0, 0.1) is 5.92 Å². The van der Waals surface area contributed by atoms with Crippen molar-refractivity contribution in [3.8, 4) is 11.5 Å². The molecule has 0 saturated heterocycles. The van der Waals surface area contributed by atoms with Crippen LogP contribution in [0.2, 0.25) is 0 Å². The molecule has 1 aliphatic carbocycles. The molecule has 2 rings (SSSR count). The SMILES string of the molecule is CC(NC1CCC(C(F)(F)F)CC1)c1c(O)cccc1O. The maximum Gasteiger partial charge on any atom is 0.391 e. The van der Waals surface area contributed by atoms with E-state index in [-0.39, 0.29) is 36.4 Å². The molecule has 0 aliphatic heterocycles. The van der Waals surface area contributed by atoms with E-state index in [4.69, 9.17) is 0 Å². The largest absolute Gasteiger partial charge is 0.507 e. The van der Waals surface area contributed by atoms with E-state index in [1.54, 1.807) is 6.92 Å². The quantitative estimate of drug-likeness (QED) is 0.794. The summed E-state index contributed by atoms with van der Waals surface area (Å²) in [5, 5.41) is 22.8. The summed E-state index contributed by atoms with van der Waals surface area (Å²) in [6.45, 7) is 1.78. The van der Waals surface area contributed by atoms with Gasteiger partial charge in [-0.15, -0.1) is 0 Å². The third-order valence-electron chi connectivity index (χ3n) is 4.17. The monoisotopic (exact) mass is 303 g/mol. The lowest BCUT2D eigenvalue weighted by Gasteiger charge is -2.32. The fourth-order valence-corrected chi connectivity index (χ4v) is 3.01. The van der Waals surface area contributed by atoms with Crippen LogP contribution in [-0.4, -0.2) is 22.4 Å². The van der Waals surface area contributed by atoms with Crippen molar-refractivity contribution < 1.29 is 23.4 Å². The van der Waals surface area contributed by atoms with Gasteiger partial charge in [-0.3, -0.25) is 0 Å². The molecule has 118 valence electrons. The van der Waals surface area contributed by atoms with Crippen LogP contribution in [0.5, 0.6) is 11.5 Å². The molecule has 1 atom stereocenters. The maximum atomic E-state index is 12.6. The first-order chi connectivity index (χ1) is 9.79. The molecule has 1 aromatic rings. The Labute approximate surface area is 121 Å². The molecule has 1 fully saturated rings. The van der Waals surface area contributed by atoms with Gasteiger partial charge in [0.2, 0.25) is 0 Å². The predicted molar refractivity (Wildman–Crippen MR) is 73.1 cm³/mol. The van der Waals surface area contributed by atoms with Gasteiger partial charge in [-0.1, -0.05) is 6.07 Å². The molecule has 1 aliphatic rings. The van der Waals surface area contributed by atoms with Crippen LogP contribution >= 0.6 is 0 Å². The van der Waals surface area contributed by atoms with Crippen molar-refractivity contribution >= 4 is 0 Å². The van der Waals surface area contributed by atoms with Gasteiger partial charge in [0.1, 0.15) is 11.5 Å². The number of aromatic hydroxyl groups is 2. The molecule has 21 heavy (non-hydrogen) atoms. The van der Waals surface area contributed by atoms with E-state index in [1.165, 1.54) is 18.2 Å². The van der Waals surface area contributed by atoms with Crippen molar-refractivity contribution in [2.24, 2.45) is 5.92 Å². The van der Waals surface area contributed by atoms with Gasteiger partial charge in [0.05, 0.1) is 11.5 Å². The minimum atomic E-state index is -4.10. The molecule has 1 aromatic carbocycles. The first-order valence-electron chi connectivity index (χ1n) is 7.12. The predicted octanol–water partition coefficient (Wildman–Crippen LogP) is 3.87. The summed E-state index contributed by atoms with van der Waals surface area (Å²) in [6.07, 6.45) is -2.96. The molecule has 0 bridgehead atoms. The zero-order valence-corrected chi connectivity index (χ0v) is 11.8. The number of hydrogen-bond acceptors (Lipinski definition) is 3. The minimum Gasteiger partial charge on any atom is -0.507 e. The number of rotatable bonds is 3. The van der Waals surface area contributed by atoms with Crippen LogP contribution in [0.4, 0.5) is 13.2 Å². The summed E-state index contributed by atoms with van der Waals surface area (Å²) in [6, 6.07) is 4.15. The number of benzene rings is 1. The second-order valence-electron chi connectivity index (χ2n) is 5.69. The average Bonchev–Trinajstić information content (AvgIpc) is 2.38. The normalized spacial score (nSPS) is 24.8. The average molecular weight is 303 g/mol. The highest BCUT2D eigenvalue weighted by atomic mass is 19.4. The minimum absolute atomic E-state index is 0.0148. The van der Waals surface area contributed by atoms with Crippen molar-refractivity contribution in [1.82, 2.24) is 5.32 Å². The van der Waals surface area contributed by atoms with Crippen molar-refractivity contribution in [2.75, 3.05) is 0 Å². The standard InChI is InChI=1S/C15H20F3NO2/c1-9(14-12(20)3-2-4-13(14)21)19-11-7-5-10(6-8-11)15(16,17)18/h2-4,9-11,19-21H,5-8H2,1H3. The van der Waals surface area contributed by atoms with Gasteiger partial charge in [0, 0.05) is 12.1 Å². The summed E-state index contributed by atoms with van der Waals surface area (Å²) in [7, 11) is 0. The van der Waals surface area contributed by atoms with Gasteiger partial charge in [-0.25, -0.2) is 0 Å². The lowest BCUT2D eigenvalue weighted by atomic mass is 9.85. The number of phenols is 2. The topological polar surface area (TPSA) is 52.5 Å². The van der Waals surface area contributed by atoms with Crippen LogP contribution in [0.15, 0.2) is 18.2 Å². The fraction of sp³-hybridized carbons (Fsp3) is 0.600. The maximum absolute atomic E-state index is 12.6. The molecule has 1 saturated carbocycles. The number of nitrogens with one attached hydrogen (secondary N) is 1. The van der Waals surface area contributed by atoms with E-state index in [9.17, 15) is 23.4 Å². The number of halogens is 3. The smallest absolute Gasteiger partial charge is 0.391 e.